The largest absolute Gasteiger partial charge is 0.496 e. The molecule has 1 aliphatic carbocycles. The molecule has 4 heteroatoms. The minimum atomic E-state index is -0.219. The summed E-state index contributed by atoms with van der Waals surface area (Å²) in [6.45, 7) is 0. The van der Waals surface area contributed by atoms with Gasteiger partial charge in [-0.3, -0.25) is 4.79 Å². The first-order valence-electron chi connectivity index (χ1n) is 8.40. The number of hydrogen-bond donors (Lipinski definition) is 2. The highest BCUT2D eigenvalue weighted by Gasteiger charge is 2.21. The van der Waals surface area contributed by atoms with Gasteiger partial charge in [0.05, 0.1) is 13.2 Å². The van der Waals surface area contributed by atoms with E-state index in [1.807, 2.05) is 42.5 Å². The molecule has 126 valence electrons. The summed E-state index contributed by atoms with van der Waals surface area (Å²) >= 11 is 0. The minimum Gasteiger partial charge on any atom is -0.496 e. The number of carbonyl (C=O) groups is 1. The monoisotopic (exact) mass is 325 g/mol. The van der Waals surface area contributed by atoms with Gasteiger partial charge >= 0.3 is 0 Å². The van der Waals surface area contributed by atoms with Gasteiger partial charge in [0.1, 0.15) is 5.75 Å². The topological polar surface area (TPSA) is 58.6 Å². The zero-order valence-electron chi connectivity index (χ0n) is 13.9. The van der Waals surface area contributed by atoms with Crippen molar-refractivity contribution in [1.29, 1.82) is 0 Å². The molecule has 3 rings (SSSR count). The van der Waals surface area contributed by atoms with Crippen LogP contribution in [0.2, 0.25) is 0 Å². The van der Waals surface area contributed by atoms with E-state index in [0.717, 1.165) is 42.6 Å². The molecule has 0 heterocycles. The van der Waals surface area contributed by atoms with Crippen LogP contribution in [0.25, 0.3) is 11.1 Å². The highest BCUT2D eigenvalue weighted by Crippen LogP contribution is 2.31. The van der Waals surface area contributed by atoms with Crippen LogP contribution in [0.4, 0.5) is 0 Å². The maximum absolute atomic E-state index is 12.6. The Hall–Kier alpha value is -2.33. The van der Waals surface area contributed by atoms with Gasteiger partial charge in [-0.15, -0.1) is 0 Å². The lowest BCUT2D eigenvalue weighted by atomic mass is 9.93. The molecule has 0 aromatic heterocycles. The number of aliphatic hydroxyl groups is 1. The maximum atomic E-state index is 12.6. The predicted molar refractivity (Wildman–Crippen MR) is 94.2 cm³/mol. The summed E-state index contributed by atoms with van der Waals surface area (Å²) in [6.07, 6.45) is 2.94. The first-order valence-corrected chi connectivity index (χ1v) is 8.40. The highest BCUT2D eigenvalue weighted by molar-refractivity contribution is 5.96. The fourth-order valence-electron chi connectivity index (χ4n) is 3.18. The normalized spacial score (nSPS) is 20.4. The second-order valence-corrected chi connectivity index (χ2v) is 6.26. The Morgan fingerprint density at radius 3 is 2.46 bits per heavy atom. The number of aliphatic hydroxyl groups excluding tert-OH is 1. The summed E-state index contributed by atoms with van der Waals surface area (Å²) in [5.74, 6) is 0.676. The molecule has 0 radical (unpaired) electrons. The van der Waals surface area contributed by atoms with E-state index in [0.29, 0.717) is 5.56 Å². The molecule has 2 N–H and O–H groups in total. The fourth-order valence-corrected chi connectivity index (χ4v) is 3.18. The summed E-state index contributed by atoms with van der Waals surface area (Å²) in [4.78, 5) is 12.6. The van der Waals surface area contributed by atoms with E-state index in [1.54, 1.807) is 13.2 Å². The van der Waals surface area contributed by atoms with Crippen molar-refractivity contribution in [3.8, 4) is 16.9 Å². The second-order valence-electron chi connectivity index (χ2n) is 6.26. The lowest BCUT2D eigenvalue weighted by Gasteiger charge is -2.26. The molecule has 0 aliphatic heterocycles. The van der Waals surface area contributed by atoms with Crippen molar-refractivity contribution in [2.45, 2.75) is 37.8 Å². The second kappa shape index (κ2) is 7.49. The Labute approximate surface area is 142 Å². The van der Waals surface area contributed by atoms with Crippen molar-refractivity contribution < 1.29 is 14.6 Å². The lowest BCUT2D eigenvalue weighted by Crippen LogP contribution is -2.38. The third-order valence-corrected chi connectivity index (χ3v) is 4.58. The number of carbonyl (C=O) groups excluding carboxylic acids is 1. The Morgan fingerprint density at radius 1 is 1.08 bits per heavy atom. The summed E-state index contributed by atoms with van der Waals surface area (Å²) in [6, 6.07) is 15.5. The van der Waals surface area contributed by atoms with Crippen molar-refractivity contribution in [2.24, 2.45) is 0 Å². The van der Waals surface area contributed by atoms with Crippen molar-refractivity contribution in [3.63, 3.8) is 0 Å². The molecular formula is C20H23NO3. The number of rotatable bonds is 4. The van der Waals surface area contributed by atoms with Gasteiger partial charge in [-0.1, -0.05) is 30.3 Å². The van der Waals surface area contributed by atoms with Gasteiger partial charge in [-0.25, -0.2) is 0 Å². The average molecular weight is 325 g/mol. The molecule has 0 unspecified atom stereocenters. The van der Waals surface area contributed by atoms with Crippen molar-refractivity contribution in [2.75, 3.05) is 7.11 Å². The molecule has 2 aromatic carbocycles. The molecule has 1 amide bonds. The standard InChI is InChI=1S/C20H23NO3/c1-24-19-12-7-15(13-18(19)14-5-3-2-4-6-14)20(23)21-16-8-10-17(22)11-9-16/h2-7,12-13,16-17,22H,8-11H2,1H3,(H,21,23). The molecule has 0 bridgehead atoms. The van der Waals surface area contributed by atoms with Crippen LogP contribution in [0.3, 0.4) is 0 Å². The Bertz CT molecular complexity index is 691. The van der Waals surface area contributed by atoms with Crippen molar-refractivity contribution >= 4 is 5.91 Å². The summed E-state index contributed by atoms with van der Waals surface area (Å²) in [5, 5.41) is 12.7. The quantitative estimate of drug-likeness (QED) is 0.906. The predicted octanol–water partition coefficient (Wildman–Crippen LogP) is 3.40. The van der Waals surface area contributed by atoms with Crippen LogP contribution in [0, 0.1) is 0 Å². The van der Waals surface area contributed by atoms with Gasteiger partial charge in [-0.05, 0) is 49.4 Å². The van der Waals surface area contributed by atoms with Gasteiger partial charge in [0.15, 0.2) is 0 Å². The van der Waals surface area contributed by atoms with Crippen LogP contribution in [0.15, 0.2) is 48.5 Å². The molecule has 2 aromatic rings. The number of benzene rings is 2. The summed E-state index contributed by atoms with van der Waals surface area (Å²) in [5.41, 5.74) is 2.55. The Morgan fingerprint density at radius 2 is 1.79 bits per heavy atom. The number of amides is 1. The average Bonchev–Trinajstić information content (AvgIpc) is 2.63. The number of methoxy groups -OCH3 is 1. The molecule has 1 saturated carbocycles. The van der Waals surface area contributed by atoms with Crippen LogP contribution in [0.1, 0.15) is 36.0 Å². The van der Waals surface area contributed by atoms with Crippen LogP contribution in [-0.2, 0) is 0 Å². The smallest absolute Gasteiger partial charge is 0.251 e. The van der Waals surface area contributed by atoms with Gasteiger partial charge in [0, 0.05) is 17.2 Å². The van der Waals surface area contributed by atoms with E-state index < -0.39 is 0 Å². The first-order chi connectivity index (χ1) is 11.7. The van der Waals surface area contributed by atoms with E-state index in [1.165, 1.54) is 0 Å². The molecule has 1 aliphatic rings. The number of ether oxygens (including phenoxy) is 1. The van der Waals surface area contributed by atoms with Gasteiger partial charge in [0.25, 0.3) is 5.91 Å². The molecule has 24 heavy (non-hydrogen) atoms. The van der Waals surface area contributed by atoms with Crippen LogP contribution in [-0.4, -0.2) is 30.3 Å². The van der Waals surface area contributed by atoms with Gasteiger partial charge in [-0.2, -0.15) is 0 Å². The summed E-state index contributed by atoms with van der Waals surface area (Å²) < 4.78 is 5.44. The van der Waals surface area contributed by atoms with E-state index in [9.17, 15) is 9.90 Å². The van der Waals surface area contributed by atoms with E-state index in [-0.39, 0.29) is 18.1 Å². The van der Waals surface area contributed by atoms with Crippen molar-refractivity contribution in [1.82, 2.24) is 5.32 Å². The maximum Gasteiger partial charge on any atom is 0.251 e. The van der Waals surface area contributed by atoms with E-state index in [4.69, 9.17) is 4.74 Å². The third-order valence-electron chi connectivity index (χ3n) is 4.58. The van der Waals surface area contributed by atoms with Crippen molar-refractivity contribution in [3.05, 3.63) is 54.1 Å². The number of hydrogen-bond acceptors (Lipinski definition) is 3. The third kappa shape index (κ3) is 3.77. The Kier molecular flexibility index (Phi) is 5.16. The number of nitrogens with one attached hydrogen (secondary N) is 1. The minimum absolute atomic E-state index is 0.0729. The summed E-state index contributed by atoms with van der Waals surface area (Å²) in [7, 11) is 1.63. The zero-order chi connectivity index (χ0) is 16.9. The Balaban J connectivity index is 1.80. The van der Waals surface area contributed by atoms with Crippen LogP contribution >= 0.6 is 0 Å². The fraction of sp³-hybridized carbons (Fsp3) is 0.350. The van der Waals surface area contributed by atoms with Gasteiger partial charge < -0.3 is 15.2 Å². The van der Waals surface area contributed by atoms with E-state index in [2.05, 4.69) is 5.32 Å². The molecule has 4 nitrogen and oxygen atoms in total. The van der Waals surface area contributed by atoms with Crippen LogP contribution < -0.4 is 10.1 Å². The molecule has 0 atom stereocenters. The molecule has 0 saturated heterocycles. The molecular weight excluding hydrogens is 302 g/mol. The highest BCUT2D eigenvalue weighted by atomic mass is 16.5. The zero-order valence-corrected chi connectivity index (χ0v) is 13.9. The lowest BCUT2D eigenvalue weighted by molar-refractivity contribution is 0.0867. The molecule has 0 spiro atoms. The van der Waals surface area contributed by atoms with E-state index >= 15 is 0 Å². The van der Waals surface area contributed by atoms with Crippen LogP contribution in [0.5, 0.6) is 5.75 Å². The SMILES string of the molecule is COc1ccc(C(=O)NC2CCC(O)CC2)cc1-c1ccccc1. The van der Waals surface area contributed by atoms with Gasteiger partial charge in [0.2, 0.25) is 0 Å². The molecule has 1 fully saturated rings. The first kappa shape index (κ1) is 16.5.